The van der Waals surface area contributed by atoms with Crippen LogP contribution in [0.3, 0.4) is 0 Å². The molecule has 1 aliphatic carbocycles. The van der Waals surface area contributed by atoms with Crippen molar-refractivity contribution in [2.24, 2.45) is 11.0 Å². The van der Waals surface area contributed by atoms with Crippen LogP contribution in [0.5, 0.6) is 0 Å². The summed E-state index contributed by atoms with van der Waals surface area (Å²) in [6.45, 7) is 1.97. The van der Waals surface area contributed by atoms with Crippen LogP contribution in [0.25, 0.3) is 0 Å². The maximum Gasteiger partial charge on any atom is 0.262 e. The van der Waals surface area contributed by atoms with Gasteiger partial charge in [0.1, 0.15) is 12.4 Å². The van der Waals surface area contributed by atoms with E-state index in [0.29, 0.717) is 17.7 Å². The Morgan fingerprint density at radius 1 is 1.14 bits per heavy atom. The van der Waals surface area contributed by atoms with Gasteiger partial charge in [-0.05, 0) is 31.4 Å². The van der Waals surface area contributed by atoms with Gasteiger partial charge in [0.05, 0.1) is 11.8 Å². The Labute approximate surface area is 169 Å². The van der Waals surface area contributed by atoms with Crippen LogP contribution in [0.1, 0.15) is 42.0 Å². The zero-order chi connectivity index (χ0) is 20.5. The fourth-order valence-corrected chi connectivity index (χ4v) is 3.64. The van der Waals surface area contributed by atoms with Gasteiger partial charge in [-0.25, -0.2) is 9.40 Å². The van der Waals surface area contributed by atoms with E-state index in [2.05, 4.69) is 5.10 Å². The molecule has 29 heavy (non-hydrogen) atoms. The number of carbonyl (C=O) groups is 2. The molecule has 150 valence electrons. The zero-order valence-electron chi connectivity index (χ0n) is 16.6. The van der Waals surface area contributed by atoms with E-state index in [1.165, 1.54) is 16.0 Å². The fraction of sp³-hybridized carbons (Fsp3) is 0.348. The molecule has 0 saturated heterocycles. The third-order valence-electron chi connectivity index (χ3n) is 5.49. The number of hydrogen-bond acceptors (Lipinski definition) is 3. The number of benzene rings is 2. The van der Waals surface area contributed by atoms with Gasteiger partial charge >= 0.3 is 0 Å². The van der Waals surface area contributed by atoms with Gasteiger partial charge in [0, 0.05) is 24.9 Å². The molecular formula is C23H24FN3O2. The summed E-state index contributed by atoms with van der Waals surface area (Å²) in [5, 5.41) is 5.91. The molecule has 5 nitrogen and oxygen atoms in total. The van der Waals surface area contributed by atoms with E-state index >= 15 is 0 Å². The van der Waals surface area contributed by atoms with Gasteiger partial charge in [0.15, 0.2) is 0 Å². The van der Waals surface area contributed by atoms with Crippen LogP contribution in [-0.4, -0.2) is 41.0 Å². The lowest BCUT2D eigenvalue weighted by Crippen LogP contribution is -2.39. The summed E-state index contributed by atoms with van der Waals surface area (Å²) in [4.78, 5) is 26.8. The van der Waals surface area contributed by atoms with Crippen LogP contribution < -0.4 is 0 Å². The van der Waals surface area contributed by atoms with Crippen LogP contribution >= 0.6 is 0 Å². The maximum absolute atomic E-state index is 14.3. The first kappa shape index (κ1) is 19.3. The molecular weight excluding hydrogens is 369 g/mol. The number of likely N-dealkylation sites (N-methyl/N-ethyl adjacent to an activating group) is 1. The van der Waals surface area contributed by atoms with Crippen molar-refractivity contribution in [3.8, 4) is 0 Å². The van der Waals surface area contributed by atoms with E-state index in [9.17, 15) is 14.0 Å². The summed E-state index contributed by atoms with van der Waals surface area (Å²) in [6, 6.07) is 14.1. The molecule has 2 aromatic carbocycles. The standard InChI is InChI=1S/C23H24FN3O2/c1-15-7-9-16(10-8-15)21-13-20(18-5-3-4-6-19(18)24)25-27(21)22(28)14-26(2)23(29)17-11-12-17/h3-10,17,21H,11-14H2,1-2H3/t21-/m1/s1. The highest BCUT2D eigenvalue weighted by Gasteiger charge is 2.37. The predicted octanol–water partition coefficient (Wildman–Crippen LogP) is 3.68. The van der Waals surface area contributed by atoms with E-state index in [-0.39, 0.29) is 36.1 Å². The van der Waals surface area contributed by atoms with E-state index < -0.39 is 0 Å². The summed E-state index contributed by atoms with van der Waals surface area (Å²) < 4.78 is 14.3. The van der Waals surface area contributed by atoms with Gasteiger partial charge in [-0.15, -0.1) is 0 Å². The van der Waals surface area contributed by atoms with Gasteiger partial charge in [-0.1, -0.05) is 48.0 Å². The summed E-state index contributed by atoms with van der Waals surface area (Å²) in [5.41, 5.74) is 3.00. The average molecular weight is 393 g/mol. The van der Waals surface area contributed by atoms with Crippen LogP contribution in [0.15, 0.2) is 53.6 Å². The van der Waals surface area contributed by atoms with Gasteiger partial charge in [0.2, 0.25) is 5.91 Å². The van der Waals surface area contributed by atoms with Gasteiger partial charge in [0.25, 0.3) is 5.91 Å². The summed E-state index contributed by atoms with van der Waals surface area (Å²) in [7, 11) is 1.65. The van der Waals surface area contributed by atoms with Crippen molar-refractivity contribution >= 4 is 17.5 Å². The highest BCUT2D eigenvalue weighted by molar-refractivity contribution is 6.03. The molecule has 0 spiro atoms. The topological polar surface area (TPSA) is 53.0 Å². The second-order valence-corrected chi connectivity index (χ2v) is 7.86. The molecule has 0 bridgehead atoms. The van der Waals surface area contributed by atoms with E-state index in [4.69, 9.17) is 0 Å². The molecule has 1 saturated carbocycles. The second kappa shape index (κ2) is 7.78. The Kier molecular flexibility index (Phi) is 5.18. The van der Waals surface area contributed by atoms with E-state index in [1.807, 2.05) is 31.2 Å². The molecule has 1 aliphatic heterocycles. The summed E-state index contributed by atoms with van der Waals surface area (Å²) in [6.07, 6.45) is 2.21. The van der Waals surface area contributed by atoms with E-state index in [1.54, 1.807) is 25.2 Å². The Hall–Kier alpha value is -3.02. The molecule has 6 heteroatoms. The van der Waals surface area contributed by atoms with Crippen LogP contribution in [-0.2, 0) is 9.59 Å². The number of halogens is 1. The Morgan fingerprint density at radius 3 is 2.48 bits per heavy atom. The van der Waals surface area contributed by atoms with Crippen molar-refractivity contribution in [3.63, 3.8) is 0 Å². The molecule has 2 amide bonds. The van der Waals surface area contributed by atoms with Gasteiger partial charge in [-0.2, -0.15) is 5.10 Å². The highest BCUT2D eigenvalue weighted by Crippen LogP contribution is 2.34. The van der Waals surface area contributed by atoms with Crippen molar-refractivity contribution < 1.29 is 14.0 Å². The third-order valence-corrected chi connectivity index (χ3v) is 5.49. The molecule has 1 fully saturated rings. The number of aryl methyl sites for hydroxylation is 1. The molecule has 4 rings (SSSR count). The SMILES string of the molecule is Cc1ccc([C@H]2CC(c3ccccc3F)=NN2C(=O)CN(C)C(=O)C2CC2)cc1. The fourth-order valence-electron chi connectivity index (χ4n) is 3.64. The number of hydrogen-bond donors (Lipinski definition) is 0. The van der Waals surface area contributed by atoms with Crippen LogP contribution in [0.2, 0.25) is 0 Å². The summed E-state index contributed by atoms with van der Waals surface area (Å²) >= 11 is 0. The first-order chi connectivity index (χ1) is 13.9. The number of carbonyl (C=O) groups excluding carboxylic acids is 2. The number of hydrazone groups is 1. The lowest BCUT2D eigenvalue weighted by molar-refractivity contribution is -0.141. The molecule has 0 unspecified atom stereocenters. The molecule has 2 aromatic rings. The first-order valence-electron chi connectivity index (χ1n) is 9.90. The van der Waals surface area contributed by atoms with Gasteiger partial charge in [-0.3, -0.25) is 9.59 Å². The lowest BCUT2D eigenvalue weighted by Gasteiger charge is -2.25. The molecule has 0 radical (unpaired) electrons. The van der Waals surface area contributed by atoms with Crippen LogP contribution in [0.4, 0.5) is 4.39 Å². The second-order valence-electron chi connectivity index (χ2n) is 7.86. The van der Waals surface area contributed by atoms with E-state index in [0.717, 1.165) is 24.0 Å². The molecule has 0 N–H and O–H groups in total. The van der Waals surface area contributed by atoms with Crippen molar-refractivity contribution in [2.45, 2.75) is 32.2 Å². The lowest BCUT2D eigenvalue weighted by atomic mass is 9.97. The predicted molar refractivity (Wildman–Crippen MR) is 109 cm³/mol. The van der Waals surface area contributed by atoms with Crippen LogP contribution in [0, 0.1) is 18.7 Å². The average Bonchev–Trinajstić information content (AvgIpc) is 3.47. The summed E-state index contributed by atoms with van der Waals surface area (Å²) in [5.74, 6) is -0.567. The van der Waals surface area contributed by atoms with Crippen molar-refractivity contribution in [2.75, 3.05) is 13.6 Å². The number of rotatable bonds is 5. The Balaban J connectivity index is 1.61. The van der Waals surface area contributed by atoms with Gasteiger partial charge < -0.3 is 4.90 Å². The molecule has 2 aliphatic rings. The minimum Gasteiger partial charge on any atom is -0.336 e. The molecule has 1 atom stereocenters. The number of amides is 2. The molecule has 0 aromatic heterocycles. The number of nitrogens with zero attached hydrogens (tertiary/aromatic N) is 3. The van der Waals surface area contributed by atoms with Crippen molar-refractivity contribution in [3.05, 3.63) is 71.0 Å². The maximum atomic E-state index is 14.3. The normalized spacial score (nSPS) is 18.5. The smallest absolute Gasteiger partial charge is 0.262 e. The Morgan fingerprint density at radius 2 is 1.83 bits per heavy atom. The van der Waals surface area contributed by atoms with Crippen molar-refractivity contribution in [1.82, 2.24) is 9.91 Å². The molecule has 1 heterocycles. The minimum atomic E-state index is -0.357. The highest BCUT2D eigenvalue weighted by atomic mass is 19.1. The first-order valence-corrected chi connectivity index (χ1v) is 9.90. The Bertz CT molecular complexity index is 966. The zero-order valence-corrected chi connectivity index (χ0v) is 16.6. The largest absolute Gasteiger partial charge is 0.336 e. The third kappa shape index (κ3) is 4.06. The monoisotopic (exact) mass is 393 g/mol. The van der Waals surface area contributed by atoms with Crippen molar-refractivity contribution in [1.29, 1.82) is 0 Å². The minimum absolute atomic E-state index is 0.00254. The quantitative estimate of drug-likeness (QED) is 0.778.